The van der Waals surface area contributed by atoms with E-state index in [-0.39, 0.29) is 12.5 Å². The van der Waals surface area contributed by atoms with E-state index in [0.29, 0.717) is 48.8 Å². The van der Waals surface area contributed by atoms with Gasteiger partial charge in [-0.15, -0.1) is 0 Å². The number of carbonyl (C=O) groups excluding carboxylic acids is 1. The Labute approximate surface area is 242 Å². The smallest absolute Gasteiger partial charge is 0.270 e. The highest BCUT2D eigenvalue weighted by molar-refractivity contribution is 14.1. The second-order valence-corrected chi connectivity index (χ2v) is 11.2. The first-order valence-electron chi connectivity index (χ1n) is 10.8. The maximum Gasteiger partial charge on any atom is 0.270 e. The standard InChI is InChI=1S/C26H20Cl2INO4S2/c1-3-33-22-11-15(10-19(29)24(22)34-14-16-8-9-17(27)13-18(16)28)12-23-25(31)30(26(35)36-23)20-6-4-5-7-21(20)32-2/h4-13H,3,14H2,1-2H3/b23-12+. The topological polar surface area (TPSA) is 48.0 Å². The molecule has 1 aliphatic heterocycles. The number of halogens is 3. The molecule has 4 rings (SSSR count). The van der Waals surface area contributed by atoms with Crippen LogP contribution in [0.3, 0.4) is 0 Å². The molecule has 0 saturated carbocycles. The van der Waals surface area contributed by atoms with E-state index in [2.05, 4.69) is 22.6 Å². The maximum absolute atomic E-state index is 13.3. The van der Waals surface area contributed by atoms with Crippen LogP contribution in [0.15, 0.2) is 59.5 Å². The molecule has 0 atom stereocenters. The molecule has 186 valence electrons. The molecule has 0 spiro atoms. The fourth-order valence-electron chi connectivity index (χ4n) is 3.50. The van der Waals surface area contributed by atoms with Crippen LogP contribution in [0.4, 0.5) is 5.69 Å². The monoisotopic (exact) mass is 671 g/mol. The van der Waals surface area contributed by atoms with Gasteiger partial charge < -0.3 is 14.2 Å². The second-order valence-electron chi connectivity index (χ2n) is 7.48. The molecule has 1 fully saturated rings. The summed E-state index contributed by atoms with van der Waals surface area (Å²) in [6, 6.07) is 16.3. The molecule has 0 bridgehead atoms. The van der Waals surface area contributed by atoms with Gasteiger partial charge in [0, 0.05) is 15.6 Å². The first kappa shape index (κ1) is 27.1. The van der Waals surface area contributed by atoms with Crippen LogP contribution in [0, 0.1) is 3.57 Å². The van der Waals surface area contributed by atoms with Gasteiger partial charge in [0.2, 0.25) is 0 Å². The van der Waals surface area contributed by atoms with Gasteiger partial charge in [0.25, 0.3) is 5.91 Å². The highest BCUT2D eigenvalue weighted by Gasteiger charge is 2.35. The van der Waals surface area contributed by atoms with E-state index in [4.69, 9.17) is 49.6 Å². The lowest BCUT2D eigenvalue weighted by atomic mass is 10.1. The number of nitrogens with zero attached hydrogens (tertiary/aromatic N) is 1. The Balaban J connectivity index is 1.62. The van der Waals surface area contributed by atoms with E-state index in [9.17, 15) is 4.79 Å². The second kappa shape index (κ2) is 12.0. The van der Waals surface area contributed by atoms with Crippen LogP contribution in [0.1, 0.15) is 18.1 Å². The highest BCUT2D eigenvalue weighted by atomic mass is 127. The molecule has 0 aromatic heterocycles. The molecule has 0 unspecified atom stereocenters. The van der Waals surface area contributed by atoms with Crippen molar-refractivity contribution in [1.29, 1.82) is 0 Å². The van der Waals surface area contributed by atoms with Crippen molar-refractivity contribution in [2.24, 2.45) is 0 Å². The van der Waals surface area contributed by atoms with Gasteiger partial charge in [0.15, 0.2) is 15.8 Å². The Hall–Kier alpha value is -1.98. The molecule has 3 aromatic rings. The lowest BCUT2D eigenvalue weighted by Gasteiger charge is -2.17. The predicted molar refractivity (Wildman–Crippen MR) is 160 cm³/mol. The molecular formula is C26H20Cl2INO4S2. The lowest BCUT2D eigenvalue weighted by molar-refractivity contribution is -0.113. The van der Waals surface area contributed by atoms with Crippen LogP contribution >= 0.6 is 69.8 Å². The van der Waals surface area contributed by atoms with E-state index < -0.39 is 0 Å². The van der Waals surface area contributed by atoms with Crippen LogP contribution < -0.4 is 19.1 Å². The summed E-state index contributed by atoms with van der Waals surface area (Å²) in [6.07, 6.45) is 1.80. The number of amides is 1. The summed E-state index contributed by atoms with van der Waals surface area (Å²) >= 11 is 21.2. The van der Waals surface area contributed by atoms with Gasteiger partial charge in [-0.3, -0.25) is 9.69 Å². The van der Waals surface area contributed by atoms with E-state index in [1.165, 1.54) is 16.7 Å². The van der Waals surface area contributed by atoms with Crippen molar-refractivity contribution >= 4 is 91.8 Å². The molecular weight excluding hydrogens is 652 g/mol. The fraction of sp³-hybridized carbons (Fsp3) is 0.154. The summed E-state index contributed by atoms with van der Waals surface area (Å²) in [4.78, 5) is 15.3. The zero-order valence-electron chi connectivity index (χ0n) is 19.2. The van der Waals surface area contributed by atoms with Gasteiger partial charge in [-0.25, -0.2) is 0 Å². The highest BCUT2D eigenvalue weighted by Crippen LogP contribution is 2.41. The summed E-state index contributed by atoms with van der Waals surface area (Å²) < 4.78 is 18.7. The lowest BCUT2D eigenvalue weighted by Crippen LogP contribution is -2.27. The van der Waals surface area contributed by atoms with Crippen LogP contribution in [0.2, 0.25) is 10.0 Å². The van der Waals surface area contributed by atoms with Gasteiger partial charge in [-0.2, -0.15) is 0 Å². The van der Waals surface area contributed by atoms with Crippen molar-refractivity contribution in [1.82, 2.24) is 0 Å². The van der Waals surface area contributed by atoms with Crippen molar-refractivity contribution in [2.75, 3.05) is 18.6 Å². The number of rotatable bonds is 8. The number of hydrogen-bond donors (Lipinski definition) is 0. The minimum absolute atomic E-state index is 0.208. The zero-order chi connectivity index (χ0) is 25.8. The minimum Gasteiger partial charge on any atom is -0.495 e. The Morgan fingerprint density at radius 3 is 2.58 bits per heavy atom. The molecule has 36 heavy (non-hydrogen) atoms. The molecule has 0 N–H and O–H groups in total. The number of benzene rings is 3. The largest absolute Gasteiger partial charge is 0.495 e. The number of hydrogen-bond acceptors (Lipinski definition) is 6. The zero-order valence-corrected chi connectivity index (χ0v) is 24.5. The minimum atomic E-state index is -0.208. The quantitative estimate of drug-likeness (QED) is 0.137. The normalized spacial score (nSPS) is 14.5. The summed E-state index contributed by atoms with van der Waals surface area (Å²) in [5, 5.41) is 1.10. The molecule has 5 nitrogen and oxygen atoms in total. The number of carbonyl (C=O) groups is 1. The Morgan fingerprint density at radius 1 is 1.08 bits per heavy atom. The SMILES string of the molecule is CCOc1cc(/C=C2/SC(=S)N(c3ccccc3OC)C2=O)cc(I)c1OCc1ccc(Cl)cc1Cl. The first-order valence-corrected chi connectivity index (χ1v) is 13.8. The third kappa shape index (κ3) is 5.94. The summed E-state index contributed by atoms with van der Waals surface area (Å²) in [7, 11) is 1.56. The number of methoxy groups -OCH3 is 1. The molecule has 1 aliphatic rings. The molecule has 0 aliphatic carbocycles. The van der Waals surface area contributed by atoms with Crippen molar-refractivity contribution in [3.05, 3.63) is 84.2 Å². The van der Waals surface area contributed by atoms with E-state index in [1.54, 1.807) is 31.4 Å². The Morgan fingerprint density at radius 2 is 1.86 bits per heavy atom. The molecule has 1 heterocycles. The van der Waals surface area contributed by atoms with Crippen LogP contribution in [-0.2, 0) is 11.4 Å². The molecule has 3 aromatic carbocycles. The fourth-order valence-corrected chi connectivity index (χ4v) is 6.03. The molecule has 1 amide bonds. The number of thioether (sulfide) groups is 1. The number of thiocarbonyl (C=S) groups is 1. The van der Waals surface area contributed by atoms with Crippen molar-refractivity contribution in [2.45, 2.75) is 13.5 Å². The first-order chi connectivity index (χ1) is 17.3. The number of para-hydroxylation sites is 2. The van der Waals surface area contributed by atoms with Crippen molar-refractivity contribution in [3.63, 3.8) is 0 Å². The van der Waals surface area contributed by atoms with Crippen LogP contribution in [0.5, 0.6) is 17.2 Å². The van der Waals surface area contributed by atoms with Crippen molar-refractivity contribution in [3.8, 4) is 17.2 Å². The predicted octanol–water partition coefficient (Wildman–Crippen LogP) is 7.99. The van der Waals surface area contributed by atoms with Gasteiger partial charge >= 0.3 is 0 Å². The van der Waals surface area contributed by atoms with Gasteiger partial charge in [-0.05, 0) is 77.6 Å². The van der Waals surface area contributed by atoms with Gasteiger partial charge in [0.1, 0.15) is 12.4 Å². The maximum atomic E-state index is 13.3. The van der Waals surface area contributed by atoms with Gasteiger partial charge in [-0.1, -0.05) is 65.4 Å². The molecule has 0 radical (unpaired) electrons. The van der Waals surface area contributed by atoms with E-state index >= 15 is 0 Å². The number of anilines is 1. The average molecular weight is 672 g/mol. The number of ether oxygens (including phenoxy) is 3. The summed E-state index contributed by atoms with van der Waals surface area (Å²) in [5.41, 5.74) is 2.21. The third-order valence-corrected chi connectivity index (χ3v) is 7.83. The van der Waals surface area contributed by atoms with Gasteiger partial charge in [0.05, 0.1) is 27.9 Å². The van der Waals surface area contributed by atoms with E-state index in [0.717, 1.165) is 14.7 Å². The average Bonchev–Trinajstić information content (AvgIpc) is 3.12. The van der Waals surface area contributed by atoms with Crippen LogP contribution in [0.25, 0.3) is 6.08 Å². The molecule has 1 saturated heterocycles. The molecule has 10 heteroatoms. The third-order valence-electron chi connectivity index (χ3n) is 5.14. The Kier molecular flexibility index (Phi) is 9.05. The van der Waals surface area contributed by atoms with Crippen molar-refractivity contribution < 1.29 is 19.0 Å². The summed E-state index contributed by atoms with van der Waals surface area (Å²) in [6.45, 7) is 2.61. The summed E-state index contributed by atoms with van der Waals surface area (Å²) in [5.74, 6) is 1.54. The van der Waals surface area contributed by atoms with E-state index in [1.807, 2.05) is 43.3 Å². The Bertz CT molecular complexity index is 1370. The van der Waals surface area contributed by atoms with Crippen LogP contribution in [-0.4, -0.2) is 23.9 Å².